The van der Waals surface area contributed by atoms with Crippen molar-refractivity contribution in [2.24, 2.45) is 5.73 Å². The lowest BCUT2D eigenvalue weighted by Crippen LogP contribution is -2.70. The average Bonchev–Trinajstić information content (AvgIpc) is 3.19. The van der Waals surface area contributed by atoms with Crippen LogP contribution in [0.4, 0.5) is 15.8 Å². The third-order valence-corrected chi connectivity index (χ3v) is 5.66. The molecule has 1 aromatic carbocycles. The highest BCUT2D eigenvalue weighted by molar-refractivity contribution is 6.37. The third kappa shape index (κ3) is 4.23. The second-order valence-electron chi connectivity index (χ2n) is 7.55. The van der Waals surface area contributed by atoms with E-state index < -0.39 is 17.5 Å². The first kappa shape index (κ1) is 23.0. The molecule has 7 nitrogen and oxygen atoms in total. The molecule has 1 atom stereocenters. The number of pyridine rings is 1. The summed E-state index contributed by atoms with van der Waals surface area (Å²) in [6.45, 7) is 7.71. The molecule has 0 bridgehead atoms. The van der Waals surface area contributed by atoms with Crippen LogP contribution in [0, 0.1) is 12.7 Å². The van der Waals surface area contributed by atoms with Crippen LogP contribution in [0.5, 0.6) is 0 Å². The zero-order valence-electron chi connectivity index (χ0n) is 18.0. The number of hydrogen-bond acceptors (Lipinski definition) is 5. The van der Waals surface area contributed by atoms with Gasteiger partial charge in [-0.2, -0.15) is 0 Å². The van der Waals surface area contributed by atoms with Gasteiger partial charge in [-0.1, -0.05) is 31.5 Å². The predicted octanol–water partition coefficient (Wildman–Crippen LogP) is 3.74. The van der Waals surface area contributed by atoms with Crippen LogP contribution in [0.15, 0.2) is 36.8 Å². The van der Waals surface area contributed by atoms with Gasteiger partial charge in [-0.25, -0.2) is 9.37 Å². The Morgan fingerprint density at radius 2 is 2.06 bits per heavy atom. The zero-order valence-corrected chi connectivity index (χ0v) is 18.7. The molecular formula is C22H27ClFN5O2. The van der Waals surface area contributed by atoms with E-state index >= 15 is 0 Å². The highest BCUT2D eigenvalue weighted by Crippen LogP contribution is 2.35. The molecule has 1 aliphatic rings. The van der Waals surface area contributed by atoms with Gasteiger partial charge in [-0.3, -0.25) is 4.79 Å². The fourth-order valence-electron chi connectivity index (χ4n) is 3.38. The summed E-state index contributed by atoms with van der Waals surface area (Å²) < 4.78 is 16.0. The Labute approximate surface area is 185 Å². The molecule has 3 aromatic rings. The second kappa shape index (κ2) is 8.82. The van der Waals surface area contributed by atoms with E-state index in [4.69, 9.17) is 17.3 Å². The smallest absolute Gasteiger partial charge is 0.257 e. The number of fused-ring (bicyclic) bond motifs is 1. The van der Waals surface area contributed by atoms with E-state index in [1.54, 1.807) is 49.0 Å². The molecule has 0 spiro atoms. The van der Waals surface area contributed by atoms with Crippen molar-refractivity contribution in [1.82, 2.24) is 14.3 Å². The van der Waals surface area contributed by atoms with E-state index in [2.05, 4.69) is 10.3 Å². The van der Waals surface area contributed by atoms with Gasteiger partial charge in [0.1, 0.15) is 16.4 Å². The highest BCUT2D eigenvalue weighted by atomic mass is 35.5. The quantitative estimate of drug-likeness (QED) is 0.566. The number of aromatic nitrogens is 2. The summed E-state index contributed by atoms with van der Waals surface area (Å²) in [6.07, 6.45) is 4.82. The summed E-state index contributed by atoms with van der Waals surface area (Å²) >= 11 is 6.53. The number of aliphatic hydroxyl groups is 1. The first-order valence-corrected chi connectivity index (χ1v) is 10.5. The molecule has 4 rings (SSSR count). The summed E-state index contributed by atoms with van der Waals surface area (Å²) in [6, 6.07) is 4.27. The lowest BCUT2D eigenvalue weighted by atomic mass is 9.87. The maximum absolute atomic E-state index is 14.4. The van der Waals surface area contributed by atoms with E-state index in [0.29, 0.717) is 5.65 Å². The molecule has 0 radical (unpaired) electrons. The number of halogens is 2. The summed E-state index contributed by atoms with van der Waals surface area (Å²) in [7, 11) is 0. The van der Waals surface area contributed by atoms with Crippen molar-refractivity contribution in [3.8, 4) is 0 Å². The van der Waals surface area contributed by atoms with Crippen LogP contribution in [0.3, 0.4) is 0 Å². The number of imidazole rings is 1. The number of nitrogens with zero attached hydrogens (tertiary/aromatic N) is 3. The van der Waals surface area contributed by atoms with Crippen molar-refractivity contribution in [1.29, 1.82) is 0 Å². The second-order valence-corrected chi connectivity index (χ2v) is 7.93. The van der Waals surface area contributed by atoms with Crippen molar-refractivity contribution >= 4 is 34.5 Å². The molecule has 3 heterocycles. The molecule has 1 amide bonds. The number of benzene rings is 1. The number of carbonyl (C=O) groups excluding carboxylic acids is 1. The molecular weight excluding hydrogens is 421 g/mol. The maximum atomic E-state index is 14.4. The van der Waals surface area contributed by atoms with Gasteiger partial charge < -0.3 is 25.5 Å². The number of carbonyl (C=O) groups is 1. The molecule has 2 aromatic heterocycles. The Morgan fingerprint density at radius 3 is 2.68 bits per heavy atom. The number of rotatable bonds is 4. The van der Waals surface area contributed by atoms with Gasteiger partial charge in [-0.15, -0.1) is 0 Å². The largest absolute Gasteiger partial charge is 0.385 e. The SMILES string of the molecule is CC.Cc1ccc(Nc2c(C(=O)N3CC(O)(C(C)N)C3)cn3ccnc3c2Cl)c(F)c1. The Morgan fingerprint density at radius 1 is 1.39 bits per heavy atom. The predicted molar refractivity (Wildman–Crippen MR) is 120 cm³/mol. The van der Waals surface area contributed by atoms with Crippen molar-refractivity contribution in [2.45, 2.75) is 39.3 Å². The van der Waals surface area contributed by atoms with Crippen molar-refractivity contribution < 1.29 is 14.3 Å². The minimum absolute atomic E-state index is 0.113. The Bertz CT molecular complexity index is 1110. The summed E-state index contributed by atoms with van der Waals surface area (Å²) in [5.74, 6) is -0.805. The lowest BCUT2D eigenvalue weighted by molar-refractivity contribution is -0.0931. The van der Waals surface area contributed by atoms with Crippen molar-refractivity contribution in [2.75, 3.05) is 18.4 Å². The van der Waals surface area contributed by atoms with E-state index in [1.165, 1.54) is 11.0 Å². The number of β-amino-alcohol motifs (C(OH)–C–C–N with tert-alkyl or cyclic N) is 1. The molecule has 9 heteroatoms. The van der Waals surface area contributed by atoms with Gasteiger partial charge in [0.15, 0.2) is 5.65 Å². The van der Waals surface area contributed by atoms with E-state index in [-0.39, 0.29) is 41.0 Å². The highest BCUT2D eigenvalue weighted by Gasteiger charge is 2.47. The van der Waals surface area contributed by atoms with Crippen LogP contribution in [0.1, 0.15) is 36.7 Å². The van der Waals surface area contributed by atoms with Crippen LogP contribution < -0.4 is 11.1 Å². The molecule has 4 N–H and O–H groups in total. The molecule has 1 saturated heterocycles. The minimum Gasteiger partial charge on any atom is -0.385 e. The zero-order chi connectivity index (χ0) is 22.9. The number of aryl methyl sites for hydroxylation is 1. The Kier molecular flexibility index (Phi) is 6.54. The van der Waals surface area contributed by atoms with Crippen LogP contribution in [-0.4, -0.2) is 50.0 Å². The van der Waals surface area contributed by atoms with Gasteiger partial charge in [0, 0.05) is 24.6 Å². The number of amides is 1. The lowest BCUT2D eigenvalue weighted by Gasteiger charge is -2.48. The van der Waals surface area contributed by atoms with Gasteiger partial charge in [0.25, 0.3) is 5.91 Å². The molecule has 166 valence electrons. The molecule has 31 heavy (non-hydrogen) atoms. The first-order chi connectivity index (χ1) is 14.7. The van der Waals surface area contributed by atoms with Crippen LogP contribution in [0.2, 0.25) is 5.02 Å². The van der Waals surface area contributed by atoms with E-state index in [1.807, 2.05) is 13.8 Å². The summed E-state index contributed by atoms with van der Waals surface area (Å²) in [5.41, 5.74) is 6.59. The van der Waals surface area contributed by atoms with E-state index in [0.717, 1.165) is 5.56 Å². The fourth-order valence-corrected chi connectivity index (χ4v) is 3.67. The molecule has 0 aliphatic carbocycles. The summed E-state index contributed by atoms with van der Waals surface area (Å²) in [5, 5.41) is 13.5. The number of likely N-dealkylation sites (tertiary alicyclic amines) is 1. The monoisotopic (exact) mass is 447 g/mol. The normalized spacial score (nSPS) is 15.7. The average molecular weight is 448 g/mol. The molecule has 1 fully saturated rings. The number of nitrogens with one attached hydrogen (secondary N) is 1. The van der Waals surface area contributed by atoms with Crippen LogP contribution >= 0.6 is 11.6 Å². The standard InChI is InChI=1S/C20H21ClFN5O2.C2H6/c1-11-3-4-15(14(22)7-11)25-17-13(8-26-6-5-24-18(26)16(17)21)19(28)27-9-20(29,10-27)12(2)23;1-2/h3-8,12,25,29H,9-10,23H2,1-2H3;1-2H3. The fraction of sp³-hybridized carbons (Fsp3) is 0.364. The third-order valence-electron chi connectivity index (χ3n) is 5.30. The number of anilines is 2. The van der Waals surface area contributed by atoms with Gasteiger partial charge >= 0.3 is 0 Å². The summed E-state index contributed by atoms with van der Waals surface area (Å²) in [4.78, 5) is 18.8. The molecule has 1 aliphatic heterocycles. The Hall–Kier alpha value is -2.68. The number of nitrogens with two attached hydrogens (primary N) is 1. The van der Waals surface area contributed by atoms with Gasteiger partial charge in [0.05, 0.1) is 30.0 Å². The van der Waals surface area contributed by atoms with Gasteiger partial charge in [0.2, 0.25) is 0 Å². The molecule has 1 unspecified atom stereocenters. The first-order valence-electron chi connectivity index (χ1n) is 10.2. The van der Waals surface area contributed by atoms with Crippen LogP contribution in [-0.2, 0) is 0 Å². The van der Waals surface area contributed by atoms with Crippen molar-refractivity contribution in [3.05, 3.63) is 58.8 Å². The Balaban J connectivity index is 0.00000132. The van der Waals surface area contributed by atoms with Crippen molar-refractivity contribution in [3.63, 3.8) is 0 Å². The maximum Gasteiger partial charge on any atom is 0.257 e. The van der Waals surface area contributed by atoms with Gasteiger partial charge in [-0.05, 0) is 31.5 Å². The number of hydrogen-bond donors (Lipinski definition) is 3. The van der Waals surface area contributed by atoms with E-state index in [9.17, 15) is 14.3 Å². The molecule has 0 saturated carbocycles. The minimum atomic E-state index is -1.12. The van der Waals surface area contributed by atoms with Crippen LogP contribution in [0.25, 0.3) is 5.65 Å². The topological polar surface area (TPSA) is 95.9 Å².